The van der Waals surface area contributed by atoms with Crippen LogP contribution in [-0.4, -0.2) is 37.2 Å². The summed E-state index contributed by atoms with van der Waals surface area (Å²) in [5, 5.41) is 0. The van der Waals surface area contributed by atoms with Gasteiger partial charge in [0.1, 0.15) is 13.2 Å². The maximum absolute atomic E-state index is 13.0. The second-order valence-electron chi connectivity index (χ2n) is 23.4. The standard InChI is InChI=1S/C74H132O6/c1-4-7-10-13-16-19-22-25-28-31-33-35-36-37-38-40-41-43-46-49-52-55-58-61-64-67-73(76)79-70-71(69-78-72(75)66-63-60-57-54-51-48-45-30-27-24-21-18-15-12-9-6-3)80-74(77)68-65-62-59-56-53-50-47-44-42-39-34-32-29-26-23-20-17-14-11-8-5-2/h7,10,16,19,25,28,32-35,37-38,71H,4-6,8-9,11-15,17-18,20-24,26-27,29-31,36,39-70H2,1-3H3/b10-7-,19-16-,28-25-,34-32-,35-33-,38-37-. The van der Waals surface area contributed by atoms with Crippen molar-refractivity contribution >= 4 is 17.9 Å². The lowest BCUT2D eigenvalue weighted by atomic mass is 10.0. The minimum Gasteiger partial charge on any atom is -0.462 e. The fourth-order valence-electron chi connectivity index (χ4n) is 10.2. The smallest absolute Gasteiger partial charge is 0.306 e. The van der Waals surface area contributed by atoms with Gasteiger partial charge in [0, 0.05) is 19.3 Å². The molecular weight excluding hydrogens is 985 g/mol. The van der Waals surface area contributed by atoms with E-state index in [1.165, 1.54) is 225 Å². The van der Waals surface area contributed by atoms with Gasteiger partial charge in [-0.25, -0.2) is 0 Å². The third-order valence-electron chi connectivity index (χ3n) is 15.4. The molecule has 464 valence electrons. The molecule has 0 aromatic heterocycles. The van der Waals surface area contributed by atoms with E-state index < -0.39 is 6.10 Å². The zero-order valence-electron chi connectivity index (χ0n) is 53.3. The average Bonchev–Trinajstić information content (AvgIpc) is 3.46. The van der Waals surface area contributed by atoms with Crippen LogP contribution in [0.2, 0.25) is 0 Å². The highest BCUT2D eigenvalue weighted by Gasteiger charge is 2.19. The van der Waals surface area contributed by atoms with E-state index in [2.05, 4.69) is 93.7 Å². The van der Waals surface area contributed by atoms with Crippen molar-refractivity contribution < 1.29 is 28.6 Å². The van der Waals surface area contributed by atoms with Crippen molar-refractivity contribution in [1.82, 2.24) is 0 Å². The predicted molar refractivity (Wildman–Crippen MR) is 348 cm³/mol. The van der Waals surface area contributed by atoms with Crippen molar-refractivity contribution in [3.8, 4) is 0 Å². The van der Waals surface area contributed by atoms with Gasteiger partial charge in [-0.15, -0.1) is 0 Å². The summed E-state index contributed by atoms with van der Waals surface area (Å²) in [4.78, 5) is 38.5. The van der Waals surface area contributed by atoms with Crippen molar-refractivity contribution in [2.75, 3.05) is 13.2 Å². The van der Waals surface area contributed by atoms with Gasteiger partial charge in [-0.1, -0.05) is 325 Å². The Morgan fingerprint density at radius 1 is 0.263 bits per heavy atom. The molecule has 0 aliphatic heterocycles. The van der Waals surface area contributed by atoms with Gasteiger partial charge in [-0.3, -0.25) is 14.4 Å². The van der Waals surface area contributed by atoms with Gasteiger partial charge in [0.2, 0.25) is 0 Å². The molecular formula is C74H132O6. The number of allylic oxidation sites excluding steroid dienone is 12. The third-order valence-corrected chi connectivity index (χ3v) is 15.4. The summed E-state index contributed by atoms with van der Waals surface area (Å²) in [7, 11) is 0. The zero-order valence-corrected chi connectivity index (χ0v) is 53.3. The van der Waals surface area contributed by atoms with E-state index >= 15 is 0 Å². The number of unbranched alkanes of at least 4 members (excludes halogenated alkanes) is 41. The number of hydrogen-bond donors (Lipinski definition) is 0. The Labute approximate surface area is 497 Å². The number of carbonyl (C=O) groups is 3. The highest BCUT2D eigenvalue weighted by Crippen LogP contribution is 2.18. The van der Waals surface area contributed by atoms with Crippen LogP contribution in [0.4, 0.5) is 0 Å². The fraction of sp³-hybridized carbons (Fsp3) is 0.797. The highest BCUT2D eigenvalue weighted by atomic mass is 16.6. The Bertz CT molecular complexity index is 1470. The lowest BCUT2D eigenvalue weighted by Gasteiger charge is -2.18. The summed E-state index contributed by atoms with van der Waals surface area (Å²) >= 11 is 0. The molecule has 80 heavy (non-hydrogen) atoms. The Kier molecular flexibility index (Phi) is 65.7. The van der Waals surface area contributed by atoms with Gasteiger partial charge in [0.25, 0.3) is 0 Å². The molecule has 1 atom stereocenters. The Balaban J connectivity index is 4.34. The molecule has 0 aliphatic carbocycles. The summed E-state index contributed by atoms with van der Waals surface area (Å²) in [6.07, 6.45) is 89.1. The molecule has 6 nitrogen and oxygen atoms in total. The molecule has 0 aromatic rings. The maximum Gasteiger partial charge on any atom is 0.306 e. The first-order valence-electron chi connectivity index (χ1n) is 34.9. The normalized spacial score (nSPS) is 12.5. The monoisotopic (exact) mass is 1120 g/mol. The molecule has 0 rings (SSSR count). The lowest BCUT2D eigenvalue weighted by Crippen LogP contribution is -2.30. The largest absolute Gasteiger partial charge is 0.462 e. The van der Waals surface area contributed by atoms with Crippen LogP contribution in [0.15, 0.2) is 72.9 Å². The molecule has 0 heterocycles. The Morgan fingerprint density at radius 2 is 0.487 bits per heavy atom. The zero-order chi connectivity index (χ0) is 57.8. The molecule has 6 heteroatoms. The Morgan fingerprint density at radius 3 is 0.775 bits per heavy atom. The molecule has 0 saturated carbocycles. The average molecular weight is 1120 g/mol. The van der Waals surface area contributed by atoms with E-state index in [-0.39, 0.29) is 31.1 Å². The quantitative estimate of drug-likeness (QED) is 0.0261. The molecule has 0 aromatic carbocycles. The predicted octanol–water partition coefficient (Wildman–Crippen LogP) is 24.1. The second kappa shape index (κ2) is 68.3. The van der Waals surface area contributed by atoms with Crippen molar-refractivity contribution in [2.24, 2.45) is 0 Å². The number of esters is 3. The van der Waals surface area contributed by atoms with Crippen LogP contribution in [-0.2, 0) is 28.6 Å². The summed E-state index contributed by atoms with van der Waals surface area (Å²) in [6.45, 7) is 6.58. The van der Waals surface area contributed by atoms with E-state index in [0.29, 0.717) is 19.3 Å². The summed E-state index contributed by atoms with van der Waals surface area (Å²) in [6, 6.07) is 0. The maximum atomic E-state index is 13.0. The molecule has 0 fully saturated rings. The lowest BCUT2D eigenvalue weighted by molar-refractivity contribution is -0.167. The molecule has 0 aliphatic rings. The van der Waals surface area contributed by atoms with Crippen LogP contribution in [0, 0.1) is 0 Å². The molecule has 0 saturated heterocycles. The molecule has 0 amide bonds. The third kappa shape index (κ3) is 65.7. The fourth-order valence-corrected chi connectivity index (χ4v) is 10.2. The molecule has 0 N–H and O–H groups in total. The van der Waals surface area contributed by atoms with Crippen LogP contribution < -0.4 is 0 Å². The van der Waals surface area contributed by atoms with E-state index in [9.17, 15) is 14.4 Å². The van der Waals surface area contributed by atoms with Crippen molar-refractivity contribution in [3.05, 3.63) is 72.9 Å². The summed E-state index contributed by atoms with van der Waals surface area (Å²) in [5.41, 5.74) is 0. The van der Waals surface area contributed by atoms with Gasteiger partial charge >= 0.3 is 17.9 Å². The van der Waals surface area contributed by atoms with Crippen LogP contribution in [0.5, 0.6) is 0 Å². The van der Waals surface area contributed by atoms with Crippen LogP contribution in [0.25, 0.3) is 0 Å². The van der Waals surface area contributed by atoms with Gasteiger partial charge in [0.05, 0.1) is 0 Å². The first-order chi connectivity index (χ1) is 39.5. The summed E-state index contributed by atoms with van der Waals surface area (Å²) < 4.78 is 17.0. The molecule has 1 unspecified atom stereocenters. The van der Waals surface area contributed by atoms with Crippen molar-refractivity contribution in [1.29, 1.82) is 0 Å². The minimum absolute atomic E-state index is 0.0737. The minimum atomic E-state index is -0.779. The van der Waals surface area contributed by atoms with Crippen molar-refractivity contribution in [3.63, 3.8) is 0 Å². The molecule has 0 bridgehead atoms. The molecule has 0 spiro atoms. The van der Waals surface area contributed by atoms with E-state index in [1.54, 1.807) is 0 Å². The highest BCUT2D eigenvalue weighted by molar-refractivity contribution is 5.71. The van der Waals surface area contributed by atoms with Gasteiger partial charge in [0.15, 0.2) is 6.10 Å². The van der Waals surface area contributed by atoms with Gasteiger partial charge in [-0.2, -0.15) is 0 Å². The second-order valence-corrected chi connectivity index (χ2v) is 23.4. The topological polar surface area (TPSA) is 78.9 Å². The van der Waals surface area contributed by atoms with Crippen molar-refractivity contribution in [2.45, 2.75) is 367 Å². The number of hydrogen-bond acceptors (Lipinski definition) is 6. The first kappa shape index (κ1) is 76.9. The van der Waals surface area contributed by atoms with Gasteiger partial charge in [-0.05, 0) is 89.9 Å². The SMILES string of the molecule is CC/C=C\C/C=C\C/C=C\C/C=C\C/C=C\CCCCCCCCCCCC(=O)OCC(COC(=O)CCCCCCCCCCCCCCCCCC)OC(=O)CCCCCCCCCCC/C=C\CCCCCCCCCC. The number of rotatable bonds is 64. The van der Waals surface area contributed by atoms with E-state index in [4.69, 9.17) is 14.2 Å². The molecule has 0 radical (unpaired) electrons. The van der Waals surface area contributed by atoms with E-state index in [0.717, 1.165) is 96.3 Å². The van der Waals surface area contributed by atoms with E-state index in [1.807, 2.05) is 0 Å². The Hall–Kier alpha value is -3.15. The van der Waals surface area contributed by atoms with Crippen LogP contribution in [0.1, 0.15) is 361 Å². The van der Waals surface area contributed by atoms with Crippen LogP contribution in [0.3, 0.4) is 0 Å². The number of ether oxygens (including phenoxy) is 3. The van der Waals surface area contributed by atoms with Crippen LogP contribution >= 0.6 is 0 Å². The summed E-state index contributed by atoms with van der Waals surface area (Å²) in [5.74, 6) is -0.860. The number of carbonyl (C=O) groups excluding carboxylic acids is 3. The first-order valence-corrected chi connectivity index (χ1v) is 34.9. The van der Waals surface area contributed by atoms with Gasteiger partial charge < -0.3 is 14.2 Å².